The summed E-state index contributed by atoms with van der Waals surface area (Å²) in [5.74, 6) is 1.26. The van der Waals surface area contributed by atoms with Gasteiger partial charge in [-0.05, 0) is 54.7 Å². The van der Waals surface area contributed by atoms with Crippen LogP contribution >= 0.6 is 35.6 Å². The number of anilines is 3. The Morgan fingerprint density at radius 2 is 1.93 bits per heavy atom. The summed E-state index contributed by atoms with van der Waals surface area (Å²) in [7, 11) is 1.61. The van der Waals surface area contributed by atoms with Crippen molar-refractivity contribution in [1.82, 2.24) is 4.98 Å². The van der Waals surface area contributed by atoms with Gasteiger partial charge in [0.05, 0.1) is 23.6 Å². The molecule has 0 unspecified atom stereocenters. The summed E-state index contributed by atoms with van der Waals surface area (Å²) in [6.45, 7) is 0. The van der Waals surface area contributed by atoms with Crippen LogP contribution in [0.5, 0.6) is 5.75 Å². The molecule has 0 aliphatic carbocycles. The Balaban J connectivity index is 1.53. The van der Waals surface area contributed by atoms with Gasteiger partial charge in [0.25, 0.3) is 0 Å². The van der Waals surface area contributed by atoms with Crippen LogP contribution in [0.25, 0.3) is 0 Å². The van der Waals surface area contributed by atoms with Crippen LogP contribution < -0.4 is 20.7 Å². The standard InChI is InChI=1S/C21H19ClN4O2S2/c1-28-18-8-3-2-7-17(18)25-21(29)24-15-5-4-6-16(11-15)30-13-20(27)26-19-10-9-14(22)12-23-19/h2-12H,13H2,1H3,(H,23,26,27)(H2,24,25,29). The Bertz CT molecular complexity index is 1030. The zero-order chi connectivity index (χ0) is 21.3. The molecule has 0 saturated heterocycles. The molecule has 0 atom stereocenters. The molecule has 30 heavy (non-hydrogen) atoms. The monoisotopic (exact) mass is 458 g/mol. The van der Waals surface area contributed by atoms with E-state index in [0.717, 1.165) is 16.3 Å². The maximum Gasteiger partial charge on any atom is 0.235 e. The molecule has 6 nitrogen and oxygen atoms in total. The lowest BCUT2D eigenvalue weighted by molar-refractivity contribution is -0.113. The lowest BCUT2D eigenvalue weighted by Crippen LogP contribution is -2.19. The van der Waals surface area contributed by atoms with Crippen LogP contribution in [0.4, 0.5) is 17.2 Å². The number of hydrogen-bond acceptors (Lipinski definition) is 5. The topological polar surface area (TPSA) is 75.3 Å². The number of thiocarbonyl (C=S) groups is 1. The van der Waals surface area contributed by atoms with Crippen LogP contribution in [0, 0.1) is 0 Å². The van der Waals surface area contributed by atoms with Crippen LogP contribution in [-0.4, -0.2) is 28.9 Å². The van der Waals surface area contributed by atoms with Gasteiger partial charge >= 0.3 is 0 Å². The van der Waals surface area contributed by atoms with Gasteiger partial charge in [0.15, 0.2) is 5.11 Å². The first-order valence-corrected chi connectivity index (χ1v) is 10.7. The number of carbonyl (C=O) groups is 1. The Morgan fingerprint density at radius 3 is 2.70 bits per heavy atom. The van der Waals surface area contributed by atoms with Crippen LogP contribution in [0.2, 0.25) is 5.02 Å². The zero-order valence-electron chi connectivity index (χ0n) is 16.0. The summed E-state index contributed by atoms with van der Waals surface area (Å²) in [6.07, 6.45) is 1.49. The van der Waals surface area contributed by atoms with Crippen molar-refractivity contribution in [3.05, 3.63) is 71.9 Å². The molecule has 3 rings (SSSR count). The number of para-hydroxylation sites is 2. The van der Waals surface area contributed by atoms with E-state index in [-0.39, 0.29) is 11.7 Å². The highest BCUT2D eigenvalue weighted by atomic mass is 35.5. The van der Waals surface area contributed by atoms with Crippen molar-refractivity contribution in [1.29, 1.82) is 0 Å². The minimum Gasteiger partial charge on any atom is -0.495 e. The number of benzene rings is 2. The molecule has 0 spiro atoms. The Labute approximate surface area is 189 Å². The number of nitrogens with zero attached hydrogens (tertiary/aromatic N) is 1. The second-order valence-electron chi connectivity index (χ2n) is 6.01. The van der Waals surface area contributed by atoms with E-state index in [0.29, 0.717) is 21.7 Å². The van der Waals surface area contributed by atoms with E-state index in [4.69, 9.17) is 28.6 Å². The van der Waals surface area contributed by atoms with Gasteiger partial charge in [-0.15, -0.1) is 11.8 Å². The number of thioether (sulfide) groups is 1. The van der Waals surface area contributed by atoms with E-state index in [1.54, 1.807) is 19.2 Å². The zero-order valence-corrected chi connectivity index (χ0v) is 18.4. The number of aromatic nitrogens is 1. The molecule has 1 amide bonds. The van der Waals surface area contributed by atoms with Gasteiger partial charge in [-0.2, -0.15) is 0 Å². The van der Waals surface area contributed by atoms with E-state index in [1.807, 2.05) is 48.5 Å². The SMILES string of the molecule is COc1ccccc1NC(=S)Nc1cccc(SCC(=O)Nc2ccc(Cl)cn2)c1. The van der Waals surface area contributed by atoms with E-state index in [1.165, 1.54) is 18.0 Å². The predicted octanol–water partition coefficient (Wildman–Crippen LogP) is 5.28. The Kier molecular flexibility index (Phi) is 7.89. The number of amides is 1. The van der Waals surface area contributed by atoms with Gasteiger partial charge in [-0.3, -0.25) is 4.79 Å². The first kappa shape index (κ1) is 21.9. The fourth-order valence-electron chi connectivity index (χ4n) is 2.47. The number of carbonyl (C=O) groups excluding carboxylic acids is 1. The average molecular weight is 459 g/mol. The fraction of sp³-hybridized carbons (Fsp3) is 0.0952. The second kappa shape index (κ2) is 10.8. The molecule has 1 heterocycles. The quantitative estimate of drug-likeness (QED) is 0.328. The van der Waals surface area contributed by atoms with Crippen LogP contribution in [-0.2, 0) is 4.79 Å². The molecule has 0 aliphatic rings. The highest BCUT2D eigenvalue weighted by Gasteiger charge is 2.07. The molecular weight excluding hydrogens is 440 g/mol. The van der Waals surface area contributed by atoms with Crippen molar-refractivity contribution in [2.24, 2.45) is 0 Å². The van der Waals surface area contributed by atoms with E-state index >= 15 is 0 Å². The summed E-state index contributed by atoms with van der Waals surface area (Å²) >= 11 is 12.6. The molecule has 0 saturated carbocycles. The first-order chi connectivity index (χ1) is 14.5. The van der Waals surface area contributed by atoms with Gasteiger partial charge in [-0.25, -0.2) is 4.98 Å². The Hall–Kier alpha value is -2.81. The minimum absolute atomic E-state index is 0.151. The van der Waals surface area contributed by atoms with E-state index < -0.39 is 0 Å². The molecule has 3 N–H and O–H groups in total. The molecule has 0 radical (unpaired) electrons. The van der Waals surface area contributed by atoms with Gasteiger partial charge < -0.3 is 20.7 Å². The van der Waals surface area contributed by atoms with Crippen molar-refractivity contribution in [2.45, 2.75) is 4.90 Å². The van der Waals surface area contributed by atoms with Gasteiger partial charge in [0.2, 0.25) is 5.91 Å². The number of pyridine rings is 1. The second-order valence-corrected chi connectivity index (χ2v) is 7.90. The van der Waals surface area contributed by atoms with Crippen LogP contribution in [0.1, 0.15) is 0 Å². The summed E-state index contributed by atoms with van der Waals surface area (Å²) in [5.41, 5.74) is 1.59. The van der Waals surface area contributed by atoms with Gasteiger partial charge in [0.1, 0.15) is 11.6 Å². The van der Waals surface area contributed by atoms with Crippen molar-refractivity contribution in [3.8, 4) is 5.75 Å². The number of methoxy groups -OCH3 is 1. The van der Waals surface area contributed by atoms with Gasteiger partial charge in [0, 0.05) is 16.8 Å². The predicted molar refractivity (Wildman–Crippen MR) is 128 cm³/mol. The summed E-state index contributed by atoms with van der Waals surface area (Å²) in [4.78, 5) is 17.1. The highest BCUT2D eigenvalue weighted by molar-refractivity contribution is 8.00. The van der Waals surface area contributed by atoms with Crippen molar-refractivity contribution >= 4 is 63.8 Å². The fourth-order valence-corrected chi connectivity index (χ4v) is 3.57. The number of rotatable bonds is 7. The molecule has 0 fully saturated rings. The largest absolute Gasteiger partial charge is 0.495 e. The minimum atomic E-state index is -0.151. The molecular formula is C21H19ClN4O2S2. The van der Waals surface area contributed by atoms with E-state index in [9.17, 15) is 4.79 Å². The number of ether oxygens (including phenoxy) is 1. The molecule has 1 aromatic heterocycles. The normalized spacial score (nSPS) is 10.2. The lowest BCUT2D eigenvalue weighted by atomic mass is 10.3. The summed E-state index contributed by atoms with van der Waals surface area (Å²) < 4.78 is 5.32. The third-order valence-electron chi connectivity index (χ3n) is 3.81. The number of halogens is 1. The van der Waals surface area contributed by atoms with Gasteiger partial charge in [-0.1, -0.05) is 29.8 Å². The summed E-state index contributed by atoms with van der Waals surface area (Å²) in [5, 5.41) is 9.96. The number of hydrogen-bond donors (Lipinski definition) is 3. The van der Waals surface area contributed by atoms with Crippen LogP contribution in [0.3, 0.4) is 0 Å². The third kappa shape index (κ3) is 6.62. The molecule has 154 valence electrons. The first-order valence-electron chi connectivity index (χ1n) is 8.89. The van der Waals surface area contributed by atoms with Crippen molar-refractivity contribution in [2.75, 3.05) is 28.8 Å². The van der Waals surface area contributed by atoms with E-state index in [2.05, 4.69) is 20.9 Å². The lowest BCUT2D eigenvalue weighted by Gasteiger charge is -2.13. The number of nitrogens with one attached hydrogen (secondary N) is 3. The van der Waals surface area contributed by atoms with Crippen LogP contribution in [0.15, 0.2) is 71.8 Å². The smallest absolute Gasteiger partial charge is 0.235 e. The highest BCUT2D eigenvalue weighted by Crippen LogP contribution is 2.25. The average Bonchev–Trinajstić information content (AvgIpc) is 2.74. The Morgan fingerprint density at radius 1 is 1.10 bits per heavy atom. The maximum absolute atomic E-state index is 12.1. The molecule has 2 aromatic carbocycles. The summed E-state index contributed by atoms with van der Waals surface area (Å²) in [6, 6.07) is 18.5. The van der Waals surface area contributed by atoms with Crippen molar-refractivity contribution in [3.63, 3.8) is 0 Å². The molecule has 3 aromatic rings. The molecule has 0 bridgehead atoms. The molecule has 0 aliphatic heterocycles. The maximum atomic E-state index is 12.1. The third-order valence-corrected chi connectivity index (χ3v) is 5.23. The molecule has 9 heteroatoms. The van der Waals surface area contributed by atoms with Crippen molar-refractivity contribution < 1.29 is 9.53 Å².